The maximum absolute atomic E-state index is 5.84. The Labute approximate surface area is 148 Å². The molecule has 0 radical (unpaired) electrons. The average Bonchev–Trinajstić information content (AvgIpc) is 2.67. The van der Waals surface area contributed by atoms with Gasteiger partial charge in [-0.15, -0.1) is 0 Å². The third-order valence-corrected chi connectivity index (χ3v) is 4.83. The van der Waals surface area contributed by atoms with E-state index in [0.717, 1.165) is 17.1 Å². The molecule has 4 nitrogen and oxygen atoms in total. The summed E-state index contributed by atoms with van der Waals surface area (Å²) in [6.07, 6.45) is 3.48. The molecule has 1 aromatic carbocycles. The highest BCUT2D eigenvalue weighted by Gasteiger charge is 2.34. The van der Waals surface area contributed by atoms with Crippen LogP contribution < -0.4 is 4.74 Å². The van der Waals surface area contributed by atoms with E-state index in [4.69, 9.17) is 4.74 Å². The molecule has 0 fully saturated rings. The van der Waals surface area contributed by atoms with Crippen molar-refractivity contribution in [3.63, 3.8) is 0 Å². The monoisotopic (exact) mass is 333 g/mol. The van der Waals surface area contributed by atoms with Crippen molar-refractivity contribution in [3.8, 4) is 5.75 Å². The Balaban J connectivity index is 1.80. The van der Waals surface area contributed by atoms with Crippen LogP contribution >= 0.6 is 0 Å². The van der Waals surface area contributed by atoms with Crippen molar-refractivity contribution in [2.75, 3.05) is 0 Å². The van der Waals surface area contributed by atoms with E-state index in [1.165, 1.54) is 5.56 Å². The molecule has 0 spiro atoms. The summed E-state index contributed by atoms with van der Waals surface area (Å²) in [5.41, 5.74) is 2.90. The SMILES string of the molecule is CC(C)C(C)(c1ccc(OCc2ccccn2)cc1)c1cccnn1. The Morgan fingerprint density at radius 1 is 0.960 bits per heavy atom. The smallest absolute Gasteiger partial charge is 0.130 e. The molecule has 0 N–H and O–H groups in total. The van der Waals surface area contributed by atoms with E-state index in [2.05, 4.69) is 48.1 Å². The maximum atomic E-state index is 5.84. The molecule has 0 saturated heterocycles. The zero-order chi connectivity index (χ0) is 17.7. The minimum absolute atomic E-state index is 0.201. The minimum atomic E-state index is -0.201. The molecule has 25 heavy (non-hydrogen) atoms. The van der Waals surface area contributed by atoms with Crippen LogP contribution in [0.1, 0.15) is 37.7 Å². The predicted molar refractivity (Wildman–Crippen MR) is 98.3 cm³/mol. The number of hydrogen-bond donors (Lipinski definition) is 0. The Bertz CT molecular complexity index is 788. The van der Waals surface area contributed by atoms with Gasteiger partial charge in [0.25, 0.3) is 0 Å². The quantitative estimate of drug-likeness (QED) is 0.670. The second-order valence-corrected chi connectivity index (χ2v) is 6.60. The molecular formula is C21H23N3O. The van der Waals surface area contributed by atoms with Gasteiger partial charge in [-0.3, -0.25) is 4.98 Å². The largest absolute Gasteiger partial charge is 0.487 e. The summed E-state index contributed by atoms with van der Waals surface area (Å²) in [6.45, 7) is 7.09. The first-order chi connectivity index (χ1) is 12.1. The molecule has 0 amide bonds. The third-order valence-electron chi connectivity index (χ3n) is 4.83. The Morgan fingerprint density at radius 3 is 2.36 bits per heavy atom. The van der Waals surface area contributed by atoms with Crippen LogP contribution in [0.3, 0.4) is 0 Å². The van der Waals surface area contributed by atoms with Crippen LogP contribution in [-0.4, -0.2) is 15.2 Å². The zero-order valence-corrected chi connectivity index (χ0v) is 14.9. The Morgan fingerprint density at radius 2 is 1.76 bits per heavy atom. The number of nitrogens with zero attached hydrogens (tertiary/aromatic N) is 3. The molecule has 3 rings (SSSR count). The number of benzene rings is 1. The van der Waals surface area contributed by atoms with Gasteiger partial charge in [-0.1, -0.05) is 32.0 Å². The lowest BCUT2D eigenvalue weighted by Crippen LogP contribution is -2.31. The molecule has 3 aromatic rings. The molecule has 1 atom stereocenters. The van der Waals surface area contributed by atoms with Crippen molar-refractivity contribution in [3.05, 3.63) is 83.9 Å². The van der Waals surface area contributed by atoms with E-state index in [0.29, 0.717) is 12.5 Å². The first kappa shape index (κ1) is 17.1. The summed E-state index contributed by atoms with van der Waals surface area (Å²) in [5, 5.41) is 8.41. The fraction of sp³-hybridized carbons (Fsp3) is 0.286. The minimum Gasteiger partial charge on any atom is -0.487 e. The second-order valence-electron chi connectivity index (χ2n) is 6.60. The summed E-state index contributed by atoms with van der Waals surface area (Å²) in [6, 6.07) is 18.0. The van der Waals surface area contributed by atoms with E-state index >= 15 is 0 Å². The number of hydrogen-bond acceptors (Lipinski definition) is 4. The van der Waals surface area contributed by atoms with Gasteiger partial charge in [0.1, 0.15) is 12.4 Å². The lowest BCUT2D eigenvalue weighted by atomic mass is 9.71. The van der Waals surface area contributed by atoms with Crippen molar-refractivity contribution < 1.29 is 4.74 Å². The van der Waals surface area contributed by atoms with Crippen molar-refractivity contribution in [2.45, 2.75) is 32.8 Å². The lowest BCUT2D eigenvalue weighted by Gasteiger charge is -2.33. The average molecular weight is 333 g/mol. The topological polar surface area (TPSA) is 47.9 Å². The van der Waals surface area contributed by atoms with E-state index in [1.807, 2.05) is 42.5 Å². The zero-order valence-electron chi connectivity index (χ0n) is 14.9. The Kier molecular flexibility index (Phi) is 5.08. The fourth-order valence-electron chi connectivity index (χ4n) is 2.89. The molecule has 2 heterocycles. The van der Waals surface area contributed by atoms with Gasteiger partial charge in [-0.2, -0.15) is 10.2 Å². The van der Waals surface area contributed by atoms with Gasteiger partial charge in [-0.05, 0) is 54.8 Å². The van der Waals surface area contributed by atoms with Gasteiger partial charge in [0, 0.05) is 17.8 Å². The first-order valence-corrected chi connectivity index (χ1v) is 8.52. The molecular weight excluding hydrogens is 310 g/mol. The van der Waals surface area contributed by atoms with E-state index in [9.17, 15) is 0 Å². The lowest BCUT2D eigenvalue weighted by molar-refractivity contribution is 0.301. The van der Waals surface area contributed by atoms with Crippen LogP contribution in [0.25, 0.3) is 0 Å². The highest BCUT2D eigenvalue weighted by atomic mass is 16.5. The van der Waals surface area contributed by atoms with Crippen LogP contribution in [0.15, 0.2) is 67.0 Å². The highest BCUT2D eigenvalue weighted by molar-refractivity contribution is 5.38. The third kappa shape index (κ3) is 3.68. The van der Waals surface area contributed by atoms with E-state index in [1.54, 1.807) is 12.4 Å². The molecule has 0 bridgehead atoms. The van der Waals surface area contributed by atoms with Crippen molar-refractivity contribution in [1.82, 2.24) is 15.2 Å². The molecule has 0 aliphatic rings. The van der Waals surface area contributed by atoms with Crippen molar-refractivity contribution in [1.29, 1.82) is 0 Å². The predicted octanol–water partition coefficient (Wildman–Crippen LogP) is 4.41. The molecule has 0 aliphatic carbocycles. The van der Waals surface area contributed by atoms with E-state index in [-0.39, 0.29) is 5.41 Å². The molecule has 4 heteroatoms. The number of aromatic nitrogens is 3. The number of pyridine rings is 1. The molecule has 0 aliphatic heterocycles. The van der Waals surface area contributed by atoms with Crippen molar-refractivity contribution >= 4 is 0 Å². The number of rotatable bonds is 6. The number of ether oxygens (including phenoxy) is 1. The summed E-state index contributed by atoms with van der Waals surface area (Å²) >= 11 is 0. The summed E-state index contributed by atoms with van der Waals surface area (Å²) in [5.74, 6) is 1.21. The molecule has 0 saturated carbocycles. The first-order valence-electron chi connectivity index (χ1n) is 8.52. The van der Waals surface area contributed by atoms with Crippen molar-refractivity contribution in [2.24, 2.45) is 5.92 Å². The van der Waals surface area contributed by atoms with Gasteiger partial charge in [0.05, 0.1) is 11.4 Å². The molecule has 1 unspecified atom stereocenters. The van der Waals surface area contributed by atoms with E-state index < -0.39 is 0 Å². The molecule has 128 valence electrons. The summed E-state index contributed by atoms with van der Waals surface area (Å²) < 4.78 is 5.84. The van der Waals surface area contributed by atoms with Gasteiger partial charge < -0.3 is 4.74 Å². The van der Waals surface area contributed by atoms with Crippen LogP contribution in [0.5, 0.6) is 5.75 Å². The second kappa shape index (κ2) is 7.43. The summed E-state index contributed by atoms with van der Waals surface area (Å²) in [7, 11) is 0. The highest BCUT2D eigenvalue weighted by Crippen LogP contribution is 2.38. The van der Waals surface area contributed by atoms with Crippen LogP contribution in [0.4, 0.5) is 0 Å². The normalized spacial score (nSPS) is 13.4. The van der Waals surface area contributed by atoms with Crippen LogP contribution in [0.2, 0.25) is 0 Å². The van der Waals surface area contributed by atoms with Gasteiger partial charge in [0.2, 0.25) is 0 Å². The van der Waals surface area contributed by atoms with Gasteiger partial charge in [-0.25, -0.2) is 0 Å². The van der Waals surface area contributed by atoms with Gasteiger partial charge in [0.15, 0.2) is 0 Å². The fourth-order valence-corrected chi connectivity index (χ4v) is 2.89. The summed E-state index contributed by atoms with van der Waals surface area (Å²) in [4.78, 5) is 4.27. The maximum Gasteiger partial charge on any atom is 0.130 e. The Hall–Kier alpha value is -2.75. The standard InChI is InChI=1S/C21H23N3O/c1-16(2)21(3,20-8-6-14-23-24-20)17-9-11-19(12-10-17)25-15-18-7-4-5-13-22-18/h4-14,16H,15H2,1-3H3. The molecule has 2 aromatic heterocycles. The van der Waals surface area contributed by atoms with Gasteiger partial charge >= 0.3 is 0 Å². The van der Waals surface area contributed by atoms with Crippen LogP contribution in [-0.2, 0) is 12.0 Å². The van der Waals surface area contributed by atoms with Crippen LogP contribution in [0, 0.1) is 5.92 Å².